The number of hydrogen-bond acceptors (Lipinski definition) is 1. The van der Waals surface area contributed by atoms with E-state index in [2.05, 4.69) is 33.5 Å². The maximum atomic E-state index is 13.8. The van der Waals surface area contributed by atoms with Gasteiger partial charge in [-0.2, -0.15) is 0 Å². The molecule has 0 aliphatic carbocycles. The van der Waals surface area contributed by atoms with E-state index in [1.165, 1.54) is 6.07 Å². The van der Waals surface area contributed by atoms with Crippen LogP contribution in [0.1, 0.15) is 32.3 Å². The van der Waals surface area contributed by atoms with E-state index in [9.17, 15) is 8.78 Å². The van der Waals surface area contributed by atoms with Crippen LogP contribution in [0.2, 0.25) is 5.82 Å². The van der Waals surface area contributed by atoms with Crippen LogP contribution in [0.3, 0.4) is 0 Å². The third-order valence-corrected chi connectivity index (χ3v) is 3.92. The van der Waals surface area contributed by atoms with Gasteiger partial charge in [0.2, 0.25) is 0 Å². The van der Waals surface area contributed by atoms with Gasteiger partial charge in [-0.1, -0.05) is 6.07 Å². The number of hydrogen-bond donors (Lipinski definition) is 0. The van der Waals surface area contributed by atoms with Gasteiger partial charge in [0.15, 0.2) is 0 Å². The summed E-state index contributed by atoms with van der Waals surface area (Å²) >= 11 is 0. The van der Waals surface area contributed by atoms with Gasteiger partial charge in [0, 0.05) is 18.2 Å². The van der Waals surface area contributed by atoms with Crippen molar-refractivity contribution in [2.75, 3.05) is 13.1 Å². The molecule has 1 aromatic carbocycles. The van der Waals surface area contributed by atoms with Gasteiger partial charge in [-0.15, -0.1) is 0 Å². The molecule has 2 atom stereocenters. The molecule has 1 aliphatic heterocycles. The molecule has 0 saturated carbocycles. The SMILES string of the molecule is BC1CN(C(C)(C)C)C[C@H]1c1ccc(F)cc1F. The highest BCUT2D eigenvalue weighted by Gasteiger charge is 2.36. The number of nitrogens with zero attached hydrogens (tertiary/aromatic N) is 1. The van der Waals surface area contributed by atoms with E-state index in [4.69, 9.17) is 0 Å². The lowest BCUT2D eigenvalue weighted by Crippen LogP contribution is -2.39. The van der Waals surface area contributed by atoms with E-state index in [0.29, 0.717) is 11.4 Å². The van der Waals surface area contributed by atoms with Crippen molar-refractivity contribution in [3.8, 4) is 0 Å². The quantitative estimate of drug-likeness (QED) is 0.693. The van der Waals surface area contributed by atoms with Gasteiger partial charge in [0.05, 0.1) is 0 Å². The van der Waals surface area contributed by atoms with E-state index < -0.39 is 11.6 Å². The molecule has 1 aliphatic rings. The van der Waals surface area contributed by atoms with E-state index in [1.807, 2.05) is 0 Å². The lowest BCUT2D eigenvalue weighted by atomic mass is 9.76. The van der Waals surface area contributed by atoms with Crippen LogP contribution in [-0.4, -0.2) is 31.4 Å². The van der Waals surface area contributed by atoms with Gasteiger partial charge in [-0.25, -0.2) is 8.78 Å². The van der Waals surface area contributed by atoms with Crippen LogP contribution < -0.4 is 0 Å². The van der Waals surface area contributed by atoms with E-state index in [-0.39, 0.29) is 11.5 Å². The summed E-state index contributed by atoms with van der Waals surface area (Å²) in [7, 11) is 2.14. The number of halogens is 2. The zero-order chi connectivity index (χ0) is 13.5. The molecule has 1 aromatic rings. The third kappa shape index (κ3) is 2.58. The minimum absolute atomic E-state index is 0.0967. The Morgan fingerprint density at radius 1 is 1.22 bits per heavy atom. The first kappa shape index (κ1) is 13.5. The first-order valence-corrected chi connectivity index (χ1v) is 6.49. The van der Waals surface area contributed by atoms with Crippen LogP contribution in [0.25, 0.3) is 0 Å². The molecule has 98 valence electrons. The largest absolute Gasteiger partial charge is 0.298 e. The Labute approximate surface area is 109 Å². The molecule has 4 heteroatoms. The van der Waals surface area contributed by atoms with E-state index >= 15 is 0 Å². The molecule has 0 aromatic heterocycles. The second kappa shape index (κ2) is 4.65. The van der Waals surface area contributed by atoms with Crippen LogP contribution in [0.4, 0.5) is 8.78 Å². The molecule has 0 spiro atoms. The fourth-order valence-electron chi connectivity index (χ4n) is 2.72. The van der Waals surface area contributed by atoms with Crippen molar-refractivity contribution in [1.29, 1.82) is 0 Å². The van der Waals surface area contributed by atoms with E-state index in [0.717, 1.165) is 19.2 Å². The number of benzene rings is 1. The first-order valence-electron chi connectivity index (χ1n) is 6.49. The lowest BCUT2D eigenvalue weighted by molar-refractivity contribution is 0.172. The van der Waals surface area contributed by atoms with Crippen molar-refractivity contribution in [1.82, 2.24) is 4.90 Å². The maximum absolute atomic E-state index is 13.8. The molecule has 1 saturated heterocycles. The lowest BCUT2D eigenvalue weighted by Gasteiger charge is -2.32. The van der Waals surface area contributed by atoms with Gasteiger partial charge in [-0.3, -0.25) is 4.90 Å². The average Bonchev–Trinajstić information content (AvgIpc) is 2.60. The van der Waals surface area contributed by atoms with Crippen LogP contribution in [-0.2, 0) is 0 Å². The molecule has 0 N–H and O–H groups in total. The van der Waals surface area contributed by atoms with Crippen molar-refractivity contribution >= 4 is 7.85 Å². The third-order valence-electron chi connectivity index (χ3n) is 3.92. The predicted octanol–water partition coefficient (Wildman–Crippen LogP) is 2.58. The van der Waals surface area contributed by atoms with Crippen LogP contribution in [0, 0.1) is 11.6 Å². The molecule has 1 heterocycles. The summed E-state index contributed by atoms with van der Waals surface area (Å²) in [6, 6.07) is 3.94. The van der Waals surface area contributed by atoms with Gasteiger partial charge < -0.3 is 0 Å². The topological polar surface area (TPSA) is 3.24 Å². The summed E-state index contributed by atoms with van der Waals surface area (Å²) in [5, 5.41) is 0. The smallest absolute Gasteiger partial charge is 0.129 e. The Morgan fingerprint density at radius 3 is 2.39 bits per heavy atom. The number of rotatable bonds is 1. The van der Waals surface area contributed by atoms with Crippen LogP contribution in [0.5, 0.6) is 0 Å². The Morgan fingerprint density at radius 2 is 1.89 bits per heavy atom. The van der Waals surface area contributed by atoms with Crippen molar-refractivity contribution < 1.29 is 8.78 Å². The molecule has 1 fully saturated rings. The summed E-state index contributed by atoms with van der Waals surface area (Å²) < 4.78 is 26.8. The maximum Gasteiger partial charge on any atom is 0.129 e. The first-order chi connectivity index (χ1) is 8.29. The fraction of sp³-hybridized carbons (Fsp3) is 0.571. The normalized spacial score (nSPS) is 25.6. The van der Waals surface area contributed by atoms with Gasteiger partial charge >= 0.3 is 0 Å². The van der Waals surface area contributed by atoms with Gasteiger partial charge in [0.1, 0.15) is 19.5 Å². The second-order valence-electron chi connectivity index (χ2n) is 6.33. The fourth-order valence-corrected chi connectivity index (χ4v) is 2.72. The Kier molecular flexibility index (Phi) is 3.50. The summed E-state index contributed by atoms with van der Waals surface area (Å²) in [5.74, 6) is -0.369. The summed E-state index contributed by atoms with van der Waals surface area (Å²) in [6.45, 7) is 8.31. The molecule has 1 nitrogen and oxygen atoms in total. The molecule has 0 bridgehead atoms. The molecule has 18 heavy (non-hydrogen) atoms. The molecule has 0 amide bonds. The Bertz CT molecular complexity index is 442. The molecule has 0 radical (unpaired) electrons. The predicted molar refractivity (Wildman–Crippen MR) is 72.7 cm³/mol. The molecule has 2 rings (SSSR count). The highest BCUT2D eigenvalue weighted by Crippen LogP contribution is 2.38. The zero-order valence-corrected chi connectivity index (χ0v) is 11.5. The van der Waals surface area contributed by atoms with Crippen molar-refractivity contribution in [2.24, 2.45) is 0 Å². The highest BCUT2D eigenvalue weighted by molar-refractivity contribution is 6.12. The van der Waals surface area contributed by atoms with E-state index in [1.54, 1.807) is 6.07 Å². The minimum atomic E-state index is -0.505. The average molecular weight is 251 g/mol. The van der Waals surface area contributed by atoms with Gasteiger partial charge in [-0.05, 0) is 50.7 Å². The minimum Gasteiger partial charge on any atom is -0.298 e. The van der Waals surface area contributed by atoms with Crippen molar-refractivity contribution in [3.63, 3.8) is 0 Å². The summed E-state index contributed by atoms with van der Waals surface area (Å²) in [5.41, 5.74) is 0.745. The standard InChI is InChI=1S/C14H20BF2N/c1-14(2,3)18-7-11(12(15)8-18)10-5-4-9(16)6-13(10)17/h4-6,11-12H,7-8,15H2,1-3H3/t11-,12?/m0/s1. The van der Waals surface area contributed by atoms with Gasteiger partial charge in [0.25, 0.3) is 0 Å². The summed E-state index contributed by atoms with van der Waals surface area (Å²) in [4.78, 5) is 2.37. The van der Waals surface area contributed by atoms with Crippen LogP contribution in [0.15, 0.2) is 18.2 Å². The summed E-state index contributed by atoms with van der Waals surface area (Å²) in [6.07, 6.45) is 0. The van der Waals surface area contributed by atoms with Crippen LogP contribution >= 0.6 is 0 Å². The highest BCUT2D eigenvalue weighted by atomic mass is 19.1. The van der Waals surface area contributed by atoms with Crippen molar-refractivity contribution in [2.45, 2.75) is 38.0 Å². The number of likely N-dealkylation sites (tertiary alicyclic amines) is 1. The van der Waals surface area contributed by atoms with Crippen molar-refractivity contribution in [3.05, 3.63) is 35.4 Å². The molecule has 1 unspecified atom stereocenters. The molecular weight excluding hydrogens is 231 g/mol. The molecular formula is C14H20BF2N. The second-order valence-corrected chi connectivity index (χ2v) is 6.33. The monoisotopic (exact) mass is 251 g/mol. The zero-order valence-electron chi connectivity index (χ0n) is 11.5. The Balaban J connectivity index is 2.24. The Hall–Kier alpha value is -0.895.